The van der Waals surface area contributed by atoms with Gasteiger partial charge in [0, 0.05) is 31.8 Å². The molecule has 25 heavy (non-hydrogen) atoms. The summed E-state index contributed by atoms with van der Waals surface area (Å²) in [5.74, 6) is 1.33. The second kappa shape index (κ2) is 13.2. The molecule has 0 bridgehead atoms. The number of hydrogen-bond donors (Lipinski definition) is 3. The van der Waals surface area contributed by atoms with Gasteiger partial charge in [-0.1, -0.05) is 32.0 Å². The maximum atomic E-state index is 11.9. The van der Waals surface area contributed by atoms with Gasteiger partial charge in [-0.05, 0) is 31.4 Å². The number of carbonyl (C=O) groups excluding carboxylic acids is 1. The van der Waals surface area contributed by atoms with Crippen LogP contribution in [0.1, 0.15) is 37.6 Å². The predicted molar refractivity (Wildman–Crippen MR) is 103 cm³/mol. The number of ether oxygens (including phenoxy) is 1. The molecule has 1 aromatic carbocycles. The first-order valence-electron chi connectivity index (χ1n) is 9.06. The third kappa shape index (κ3) is 10.4. The van der Waals surface area contributed by atoms with Crippen LogP contribution in [0.2, 0.25) is 0 Å². The molecule has 6 heteroatoms. The molecule has 0 aliphatic heterocycles. The van der Waals surface area contributed by atoms with Gasteiger partial charge < -0.3 is 20.7 Å². The first-order chi connectivity index (χ1) is 12.1. The van der Waals surface area contributed by atoms with Crippen LogP contribution in [0, 0.1) is 5.92 Å². The zero-order valence-electron chi connectivity index (χ0n) is 15.7. The van der Waals surface area contributed by atoms with Gasteiger partial charge in [-0.2, -0.15) is 0 Å². The quantitative estimate of drug-likeness (QED) is 0.325. The summed E-state index contributed by atoms with van der Waals surface area (Å²) in [6.07, 6.45) is 1.07. The average Bonchev–Trinajstić information content (AvgIpc) is 2.61. The number of amides is 1. The highest BCUT2D eigenvalue weighted by Crippen LogP contribution is 1.98. The standard InChI is InChI=1S/C19H32N4O2/c1-4-20-19(23-13-15-25-14-10-16(2)3)22-12-11-21-18(24)17-8-6-5-7-9-17/h5-9,16H,4,10-15H2,1-3H3,(H,21,24)(H2,20,22,23). The molecule has 0 saturated heterocycles. The minimum absolute atomic E-state index is 0.0668. The van der Waals surface area contributed by atoms with Gasteiger partial charge in [-0.3, -0.25) is 9.79 Å². The van der Waals surface area contributed by atoms with E-state index in [0.29, 0.717) is 37.7 Å². The maximum absolute atomic E-state index is 11.9. The molecule has 0 radical (unpaired) electrons. The molecule has 0 heterocycles. The van der Waals surface area contributed by atoms with Crippen molar-refractivity contribution in [3.63, 3.8) is 0 Å². The van der Waals surface area contributed by atoms with Gasteiger partial charge in [-0.15, -0.1) is 0 Å². The predicted octanol–water partition coefficient (Wildman–Crippen LogP) is 2.03. The van der Waals surface area contributed by atoms with E-state index in [4.69, 9.17) is 4.74 Å². The highest BCUT2D eigenvalue weighted by Gasteiger charge is 2.03. The Morgan fingerprint density at radius 1 is 1.08 bits per heavy atom. The van der Waals surface area contributed by atoms with Crippen LogP contribution < -0.4 is 16.0 Å². The van der Waals surface area contributed by atoms with E-state index in [9.17, 15) is 4.79 Å². The molecule has 0 fully saturated rings. The summed E-state index contributed by atoms with van der Waals surface area (Å²) in [5, 5.41) is 9.27. The first kappa shape index (κ1) is 21.0. The van der Waals surface area contributed by atoms with E-state index < -0.39 is 0 Å². The van der Waals surface area contributed by atoms with E-state index in [1.165, 1.54) is 0 Å². The Morgan fingerprint density at radius 3 is 2.48 bits per heavy atom. The summed E-state index contributed by atoms with van der Waals surface area (Å²) >= 11 is 0. The van der Waals surface area contributed by atoms with Gasteiger partial charge in [-0.25, -0.2) is 0 Å². The van der Waals surface area contributed by atoms with Gasteiger partial charge in [0.25, 0.3) is 5.91 Å². The molecule has 0 unspecified atom stereocenters. The van der Waals surface area contributed by atoms with Crippen molar-refractivity contribution in [1.29, 1.82) is 0 Å². The van der Waals surface area contributed by atoms with Gasteiger partial charge in [0.1, 0.15) is 0 Å². The average molecular weight is 348 g/mol. The Labute approximate surface area is 151 Å². The lowest BCUT2D eigenvalue weighted by Gasteiger charge is -2.12. The molecule has 0 aliphatic carbocycles. The number of nitrogens with zero attached hydrogens (tertiary/aromatic N) is 1. The van der Waals surface area contributed by atoms with E-state index in [1.807, 2.05) is 25.1 Å². The number of hydrogen-bond acceptors (Lipinski definition) is 3. The highest BCUT2D eigenvalue weighted by molar-refractivity contribution is 5.94. The number of nitrogens with one attached hydrogen (secondary N) is 3. The number of aliphatic imine (C=N–C) groups is 1. The highest BCUT2D eigenvalue weighted by atomic mass is 16.5. The van der Waals surface area contributed by atoms with Crippen molar-refractivity contribution < 1.29 is 9.53 Å². The molecule has 1 amide bonds. The van der Waals surface area contributed by atoms with Crippen molar-refractivity contribution in [2.24, 2.45) is 10.9 Å². The summed E-state index contributed by atoms with van der Waals surface area (Å²) in [7, 11) is 0. The van der Waals surface area contributed by atoms with E-state index in [1.54, 1.807) is 12.1 Å². The third-order valence-electron chi connectivity index (χ3n) is 3.43. The Kier molecular flexibility index (Phi) is 11.1. The summed E-state index contributed by atoms with van der Waals surface area (Å²) in [5.41, 5.74) is 0.668. The minimum atomic E-state index is -0.0668. The third-order valence-corrected chi connectivity index (χ3v) is 3.43. The van der Waals surface area contributed by atoms with Gasteiger partial charge in [0.05, 0.1) is 13.2 Å². The summed E-state index contributed by atoms with van der Waals surface area (Å²) < 4.78 is 5.56. The van der Waals surface area contributed by atoms with Gasteiger partial charge in [0.15, 0.2) is 5.96 Å². The second-order valence-corrected chi connectivity index (χ2v) is 6.10. The molecule has 0 atom stereocenters. The molecular weight excluding hydrogens is 316 g/mol. The Morgan fingerprint density at radius 2 is 1.80 bits per heavy atom. The van der Waals surface area contributed by atoms with Crippen molar-refractivity contribution in [2.45, 2.75) is 27.2 Å². The van der Waals surface area contributed by atoms with Crippen LogP contribution in [0.25, 0.3) is 0 Å². The smallest absolute Gasteiger partial charge is 0.251 e. The number of rotatable bonds is 11. The molecule has 6 nitrogen and oxygen atoms in total. The fraction of sp³-hybridized carbons (Fsp3) is 0.579. The van der Waals surface area contributed by atoms with Crippen LogP contribution in [-0.2, 0) is 4.74 Å². The summed E-state index contributed by atoms with van der Waals surface area (Å²) in [6.45, 7) is 10.3. The first-order valence-corrected chi connectivity index (χ1v) is 9.06. The van der Waals surface area contributed by atoms with Crippen molar-refractivity contribution in [1.82, 2.24) is 16.0 Å². The number of benzene rings is 1. The molecule has 0 aromatic heterocycles. The second-order valence-electron chi connectivity index (χ2n) is 6.10. The maximum Gasteiger partial charge on any atom is 0.251 e. The molecule has 1 rings (SSSR count). The van der Waals surface area contributed by atoms with Crippen LogP contribution in [-0.4, -0.2) is 51.3 Å². The van der Waals surface area contributed by atoms with Crippen LogP contribution >= 0.6 is 0 Å². The van der Waals surface area contributed by atoms with E-state index in [2.05, 4.69) is 34.8 Å². The van der Waals surface area contributed by atoms with E-state index in [-0.39, 0.29) is 5.91 Å². The fourth-order valence-electron chi connectivity index (χ4n) is 2.03. The zero-order valence-corrected chi connectivity index (χ0v) is 15.7. The summed E-state index contributed by atoms with van der Waals surface area (Å²) in [4.78, 5) is 16.4. The molecular formula is C19H32N4O2. The fourth-order valence-corrected chi connectivity index (χ4v) is 2.03. The van der Waals surface area contributed by atoms with Crippen molar-refractivity contribution in [3.05, 3.63) is 35.9 Å². The number of guanidine groups is 1. The van der Waals surface area contributed by atoms with E-state index in [0.717, 1.165) is 25.5 Å². The lowest BCUT2D eigenvalue weighted by molar-refractivity contribution is 0.0954. The Hall–Kier alpha value is -2.08. The molecule has 1 aromatic rings. The van der Waals surface area contributed by atoms with Crippen molar-refractivity contribution >= 4 is 11.9 Å². The molecule has 0 aliphatic rings. The van der Waals surface area contributed by atoms with Crippen molar-refractivity contribution in [3.8, 4) is 0 Å². The molecule has 0 spiro atoms. The largest absolute Gasteiger partial charge is 0.380 e. The van der Waals surface area contributed by atoms with E-state index >= 15 is 0 Å². The van der Waals surface area contributed by atoms with Crippen molar-refractivity contribution in [2.75, 3.05) is 39.4 Å². The molecule has 0 saturated carbocycles. The SMILES string of the molecule is CCNC(=NCCOCCC(C)C)NCCNC(=O)c1ccccc1. The summed E-state index contributed by atoms with van der Waals surface area (Å²) in [6, 6.07) is 9.20. The topological polar surface area (TPSA) is 74.8 Å². The minimum Gasteiger partial charge on any atom is -0.380 e. The lowest BCUT2D eigenvalue weighted by Crippen LogP contribution is -2.41. The molecule has 140 valence electrons. The van der Waals surface area contributed by atoms with Crippen LogP contribution in [0.15, 0.2) is 35.3 Å². The van der Waals surface area contributed by atoms with Crippen LogP contribution in [0.4, 0.5) is 0 Å². The van der Waals surface area contributed by atoms with Gasteiger partial charge in [0.2, 0.25) is 0 Å². The lowest BCUT2D eigenvalue weighted by atomic mass is 10.1. The Balaban J connectivity index is 2.21. The normalized spacial score (nSPS) is 11.4. The van der Waals surface area contributed by atoms with Crippen LogP contribution in [0.5, 0.6) is 0 Å². The monoisotopic (exact) mass is 348 g/mol. The molecule has 3 N–H and O–H groups in total. The number of carbonyl (C=O) groups is 1. The van der Waals surface area contributed by atoms with Gasteiger partial charge >= 0.3 is 0 Å². The Bertz CT molecular complexity index is 503. The zero-order chi connectivity index (χ0) is 18.3. The van der Waals surface area contributed by atoms with Crippen LogP contribution in [0.3, 0.4) is 0 Å².